The summed E-state index contributed by atoms with van der Waals surface area (Å²) in [6.45, 7) is 0. The molecule has 0 N–H and O–H groups in total. The van der Waals surface area contributed by atoms with Gasteiger partial charge in [0.15, 0.2) is 0 Å². The van der Waals surface area contributed by atoms with Crippen molar-refractivity contribution in [3.05, 3.63) is 54.4 Å². The minimum absolute atomic E-state index is 0.213. The van der Waals surface area contributed by atoms with Gasteiger partial charge in [-0.15, -0.1) is 0 Å². The maximum absolute atomic E-state index is 12.0. The second-order valence-corrected chi connectivity index (χ2v) is 5.00. The predicted octanol–water partition coefficient (Wildman–Crippen LogP) is 2.73. The van der Waals surface area contributed by atoms with Gasteiger partial charge in [-0.2, -0.15) is 0 Å². The van der Waals surface area contributed by atoms with Crippen molar-refractivity contribution in [3.8, 4) is 11.5 Å². The Kier molecular flexibility index (Phi) is 3.78. The fourth-order valence-electron chi connectivity index (χ4n) is 2.26. The molecule has 0 spiro atoms. The quantitative estimate of drug-likeness (QED) is 0.549. The minimum Gasteiger partial charge on any atom is -0.497 e. The number of nitrogens with zero attached hydrogens (tertiary/aromatic N) is 2. The molecule has 0 saturated heterocycles. The molecule has 0 bridgehead atoms. The number of methoxy groups -OCH3 is 1. The van der Waals surface area contributed by atoms with Crippen molar-refractivity contribution in [1.29, 1.82) is 0 Å². The van der Waals surface area contributed by atoms with Crippen LogP contribution >= 0.6 is 0 Å². The molecule has 0 aliphatic heterocycles. The van der Waals surface area contributed by atoms with Gasteiger partial charge in [0.2, 0.25) is 0 Å². The molecule has 5 nitrogen and oxygen atoms in total. The zero-order valence-electron chi connectivity index (χ0n) is 12.4. The molecule has 0 radical (unpaired) electrons. The molecule has 22 heavy (non-hydrogen) atoms. The molecule has 0 fully saturated rings. The highest BCUT2D eigenvalue weighted by Gasteiger charge is 2.08. The van der Waals surface area contributed by atoms with E-state index in [0.717, 1.165) is 22.3 Å². The number of hydrogen-bond donors (Lipinski definition) is 0. The van der Waals surface area contributed by atoms with Gasteiger partial charge in [0.1, 0.15) is 11.5 Å². The maximum atomic E-state index is 12.0. The van der Waals surface area contributed by atoms with Crippen LogP contribution < -0.4 is 9.47 Å². The van der Waals surface area contributed by atoms with Crippen LogP contribution in [-0.4, -0.2) is 22.6 Å². The van der Waals surface area contributed by atoms with Gasteiger partial charge in [-0.1, -0.05) is 12.1 Å². The van der Waals surface area contributed by atoms with Crippen molar-refractivity contribution < 1.29 is 14.3 Å². The highest BCUT2D eigenvalue weighted by atomic mass is 16.5. The van der Waals surface area contributed by atoms with Gasteiger partial charge in [0, 0.05) is 13.1 Å². The number of ether oxygens (including phenoxy) is 2. The average Bonchev–Trinajstić information content (AvgIpc) is 2.89. The van der Waals surface area contributed by atoms with E-state index in [9.17, 15) is 4.79 Å². The lowest BCUT2D eigenvalue weighted by Gasteiger charge is -2.05. The van der Waals surface area contributed by atoms with Crippen LogP contribution in [0.3, 0.4) is 0 Å². The zero-order chi connectivity index (χ0) is 15.5. The van der Waals surface area contributed by atoms with Crippen molar-refractivity contribution in [2.24, 2.45) is 7.05 Å². The number of aromatic nitrogens is 2. The third-order valence-corrected chi connectivity index (χ3v) is 3.44. The van der Waals surface area contributed by atoms with E-state index in [2.05, 4.69) is 4.98 Å². The Labute approximate surface area is 128 Å². The van der Waals surface area contributed by atoms with E-state index in [1.54, 1.807) is 25.6 Å². The topological polar surface area (TPSA) is 53.4 Å². The molecular weight excluding hydrogens is 280 g/mol. The van der Waals surface area contributed by atoms with Crippen LogP contribution in [0.1, 0.15) is 5.56 Å². The highest BCUT2D eigenvalue weighted by molar-refractivity contribution is 5.80. The number of imidazole rings is 1. The Morgan fingerprint density at radius 1 is 1.14 bits per heavy atom. The average molecular weight is 296 g/mol. The molecule has 0 amide bonds. The van der Waals surface area contributed by atoms with E-state index in [1.165, 1.54) is 0 Å². The van der Waals surface area contributed by atoms with E-state index in [-0.39, 0.29) is 12.4 Å². The molecule has 0 atom stereocenters. The predicted molar refractivity (Wildman–Crippen MR) is 83.0 cm³/mol. The summed E-state index contributed by atoms with van der Waals surface area (Å²) in [6.07, 6.45) is 1.94. The van der Waals surface area contributed by atoms with Crippen molar-refractivity contribution in [2.75, 3.05) is 7.11 Å². The number of hydrogen-bond acceptors (Lipinski definition) is 4. The van der Waals surface area contributed by atoms with E-state index >= 15 is 0 Å². The van der Waals surface area contributed by atoms with Gasteiger partial charge in [-0.3, -0.25) is 4.79 Å². The summed E-state index contributed by atoms with van der Waals surface area (Å²) in [5.74, 6) is 0.961. The number of rotatable bonds is 4. The van der Waals surface area contributed by atoms with E-state index < -0.39 is 0 Å². The number of carbonyl (C=O) groups excluding carboxylic acids is 1. The second-order valence-electron chi connectivity index (χ2n) is 5.00. The van der Waals surface area contributed by atoms with Crippen molar-refractivity contribution >= 4 is 17.0 Å². The lowest BCUT2D eigenvalue weighted by molar-refractivity contribution is -0.133. The monoisotopic (exact) mass is 296 g/mol. The molecule has 1 heterocycles. The molecule has 0 aliphatic rings. The molecule has 112 valence electrons. The summed E-state index contributed by atoms with van der Waals surface area (Å²) in [7, 11) is 3.53. The third-order valence-electron chi connectivity index (χ3n) is 3.44. The molecule has 0 unspecified atom stereocenters. The Bertz CT molecular complexity index is 806. The number of benzene rings is 2. The fourth-order valence-corrected chi connectivity index (χ4v) is 2.26. The highest BCUT2D eigenvalue weighted by Crippen LogP contribution is 2.20. The summed E-state index contributed by atoms with van der Waals surface area (Å²) >= 11 is 0. The van der Waals surface area contributed by atoms with E-state index in [4.69, 9.17) is 9.47 Å². The fraction of sp³-hybridized carbons (Fsp3) is 0.176. The van der Waals surface area contributed by atoms with Crippen LogP contribution in [0.25, 0.3) is 11.0 Å². The molecule has 0 aliphatic carbocycles. The van der Waals surface area contributed by atoms with Gasteiger partial charge < -0.3 is 14.0 Å². The molecule has 1 aromatic heterocycles. The Morgan fingerprint density at radius 3 is 2.59 bits per heavy atom. The van der Waals surface area contributed by atoms with E-state index in [0.29, 0.717) is 5.75 Å². The van der Waals surface area contributed by atoms with Crippen molar-refractivity contribution in [3.63, 3.8) is 0 Å². The van der Waals surface area contributed by atoms with Gasteiger partial charge in [0.25, 0.3) is 0 Å². The standard InChI is InChI=1S/C17H16N2O3/c1-19-11-18-15-10-14(7-8-16(15)19)22-17(20)9-12-3-5-13(21-2)6-4-12/h3-8,10-11H,9H2,1-2H3. The molecular formula is C17H16N2O3. The van der Waals surface area contributed by atoms with Gasteiger partial charge >= 0.3 is 5.97 Å². The first-order chi connectivity index (χ1) is 10.7. The van der Waals surface area contributed by atoms with Crippen LogP contribution in [0.15, 0.2) is 48.8 Å². The Balaban J connectivity index is 1.69. The normalized spacial score (nSPS) is 10.6. The van der Waals surface area contributed by atoms with Crippen LogP contribution in [0.2, 0.25) is 0 Å². The Hall–Kier alpha value is -2.82. The lowest BCUT2D eigenvalue weighted by atomic mass is 10.1. The summed E-state index contributed by atoms with van der Waals surface area (Å²) in [4.78, 5) is 16.2. The minimum atomic E-state index is -0.305. The van der Waals surface area contributed by atoms with Crippen LogP contribution in [0, 0.1) is 0 Å². The first-order valence-electron chi connectivity index (χ1n) is 6.90. The molecule has 2 aromatic carbocycles. The number of carbonyl (C=O) groups is 1. The van der Waals surface area contributed by atoms with Gasteiger partial charge in [-0.25, -0.2) is 4.98 Å². The van der Waals surface area contributed by atoms with Crippen LogP contribution in [-0.2, 0) is 18.3 Å². The Morgan fingerprint density at radius 2 is 1.86 bits per heavy atom. The largest absolute Gasteiger partial charge is 0.497 e. The summed E-state index contributed by atoms with van der Waals surface area (Å²) in [6, 6.07) is 12.8. The molecule has 3 aromatic rings. The SMILES string of the molecule is COc1ccc(CC(=O)Oc2ccc3c(c2)ncn3C)cc1. The number of aryl methyl sites for hydroxylation is 1. The zero-order valence-corrected chi connectivity index (χ0v) is 12.4. The van der Waals surface area contributed by atoms with Crippen molar-refractivity contribution in [2.45, 2.75) is 6.42 Å². The maximum Gasteiger partial charge on any atom is 0.315 e. The molecule has 0 saturated carbocycles. The van der Waals surface area contributed by atoms with Gasteiger partial charge in [-0.05, 0) is 29.8 Å². The second kappa shape index (κ2) is 5.89. The van der Waals surface area contributed by atoms with Crippen LogP contribution in [0.5, 0.6) is 11.5 Å². The van der Waals surface area contributed by atoms with Crippen LogP contribution in [0.4, 0.5) is 0 Å². The molecule has 3 rings (SSSR count). The number of fused-ring (bicyclic) bond motifs is 1. The lowest BCUT2D eigenvalue weighted by Crippen LogP contribution is -2.11. The van der Waals surface area contributed by atoms with E-state index in [1.807, 2.05) is 41.9 Å². The summed E-state index contributed by atoms with van der Waals surface area (Å²) < 4.78 is 12.4. The summed E-state index contributed by atoms with van der Waals surface area (Å²) in [5, 5.41) is 0. The number of esters is 1. The third kappa shape index (κ3) is 2.93. The summed E-state index contributed by atoms with van der Waals surface area (Å²) in [5.41, 5.74) is 2.68. The molecule has 5 heteroatoms. The smallest absolute Gasteiger partial charge is 0.315 e. The first kappa shape index (κ1) is 14.1. The van der Waals surface area contributed by atoms with Gasteiger partial charge in [0.05, 0.1) is 30.9 Å². The first-order valence-corrected chi connectivity index (χ1v) is 6.90. The van der Waals surface area contributed by atoms with Crippen molar-refractivity contribution in [1.82, 2.24) is 9.55 Å².